The maximum atomic E-state index is 14.3. The van der Waals surface area contributed by atoms with E-state index in [1.54, 1.807) is 36.2 Å². The van der Waals surface area contributed by atoms with Crippen LogP contribution in [0, 0.1) is 16.0 Å². The summed E-state index contributed by atoms with van der Waals surface area (Å²) in [5.74, 6) is -0.896. The monoisotopic (exact) mass is 568 g/mol. The normalized spacial score (nSPS) is 27.8. The summed E-state index contributed by atoms with van der Waals surface area (Å²) >= 11 is 0. The lowest BCUT2D eigenvalue weighted by Crippen LogP contribution is -2.46. The second kappa shape index (κ2) is 10.7. The van der Waals surface area contributed by atoms with Crippen LogP contribution in [0.4, 0.5) is 17.1 Å². The molecule has 5 rings (SSSR count). The highest BCUT2D eigenvalue weighted by Gasteiger charge is 2.66. The summed E-state index contributed by atoms with van der Waals surface area (Å²) in [5.41, 5.74) is 0.360. The average molecular weight is 569 g/mol. The van der Waals surface area contributed by atoms with Crippen LogP contribution >= 0.6 is 0 Å². The molecule has 0 radical (unpaired) electrons. The Morgan fingerprint density at radius 3 is 2.60 bits per heavy atom. The van der Waals surface area contributed by atoms with Crippen LogP contribution in [-0.2, 0) is 26.5 Å². The Balaban J connectivity index is 1.47. The van der Waals surface area contributed by atoms with Gasteiger partial charge in [0.1, 0.15) is 0 Å². The van der Waals surface area contributed by atoms with Crippen LogP contribution in [0.2, 0.25) is 18.6 Å². The molecule has 1 spiro atoms. The fraction of sp³-hybridized carbons (Fsp3) is 0.500. The SMILES string of the molecule is C[C@H]1[C@H]([Si](C)(C)O)[C@@H](CCO)O[C@]12C(=O)N(Cc1ccc(NC(=O)[C@H]3CCCN3)cc1)c1ccc([N+](=O)[O-])cc12. The minimum Gasteiger partial charge on any atom is -0.432 e. The number of rotatable bonds is 8. The van der Waals surface area contributed by atoms with Crippen LogP contribution in [0.1, 0.15) is 37.3 Å². The smallest absolute Gasteiger partial charge is 0.269 e. The molecule has 4 N–H and O–H groups in total. The molecular formula is C28H36N4O7Si. The number of hydrogen-bond acceptors (Lipinski definition) is 8. The van der Waals surface area contributed by atoms with E-state index in [2.05, 4.69) is 10.6 Å². The van der Waals surface area contributed by atoms with Gasteiger partial charge in [-0.1, -0.05) is 19.1 Å². The van der Waals surface area contributed by atoms with Crippen molar-refractivity contribution in [3.63, 3.8) is 0 Å². The number of fused-ring (bicyclic) bond motifs is 2. The molecule has 3 heterocycles. The number of non-ortho nitro benzene ring substituents is 1. The van der Waals surface area contributed by atoms with Crippen LogP contribution in [-0.4, -0.2) is 60.3 Å². The van der Waals surface area contributed by atoms with Crippen LogP contribution < -0.4 is 15.5 Å². The van der Waals surface area contributed by atoms with Crippen molar-refractivity contribution in [2.45, 2.75) is 69.1 Å². The lowest BCUT2D eigenvalue weighted by atomic mass is 9.82. The highest BCUT2D eigenvalue weighted by Crippen LogP contribution is 2.60. The van der Waals surface area contributed by atoms with Crippen LogP contribution in [0.3, 0.4) is 0 Å². The average Bonchev–Trinajstić information content (AvgIpc) is 3.59. The van der Waals surface area contributed by atoms with E-state index in [9.17, 15) is 29.6 Å². The number of hydrogen-bond donors (Lipinski definition) is 4. The molecule has 12 heteroatoms. The number of ether oxygens (including phenoxy) is 1. The Hall–Kier alpha value is -3.16. The number of carbonyl (C=O) groups excluding carboxylic acids is 2. The molecule has 0 unspecified atom stereocenters. The predicted octanol–water partition coefficient (Wildman–Crippen LogP) is 3.01. The second-order valence-corrected chi connectivity index (χ2v) is 15.5. The summed E-state index contributed by atoms with van der Waals surface area (Å²) in [6.07, 6.45) is 1.44. The Morgan fingerprint density at radius 2 is 2.00 bits per heavy atom. The lowest BCUT2D eigenvalue weighted by molar-refractivity contribution is -0.385. The molecule has 2 fully saturated rings. The number of nitrogens with one attached hydrogen (secondary N) is 2. The highest BCUT2D eigenvalue weighted by molar-refractivity contribution is 6.71. The number of carbonyl (C=O) groups is 2. The molecule has 2 amide bonds. The van der Waals surface area contributed by atoms with Gasteiger partial charge in [0.15, 0.2) is 13.9 Å². The first-order chi connectivity index (χ1) is 19.0. The van der Waals surface area contributed by atoms with Gasteiger partial charge >= 0.3 is 0 Å². The van der Waals surface area contributed by atoms with Gasteiger partial charge in [-0.15, -0.1) is 0 Å². The van der Waals surface area contributed by atoms with Crippen LogP contribution in [0.15, 0.2) is 42.5 Å². The minimum atomic E-state index is -2.87. The van der Waals surface area contributed by atoms with E-state index < -0.39 is 30.9 Å². The standard InChI is InChI=1S/C28H36N4O7Si/c1-17-25(40(2,3)38)24(12-14-33)39-28(17)21-15-20(32(36)37)10-11-23(21)31(27(28)35)16-18-6-8-19(9-7-18)30-26(34)22-5-4-13-29-22/h6-11,15,17,22,24-25,29,33,38H,4-5,12-14,16H2,1-3H3,(H,30,34)/t17-,22+,24+,25-,28+/m0/s1. The predicted molar refractivity (Wildman–Crippen MR) is 151 cm³/mol. The van der Waals surface area contributed by atoms with E-state index in [0.29, 0.717) is 16.9 Å². The van der Waals surface area contributed by atoms with Crippen molar-refractivity contribution in [1.29, 1.82) is 0 Å². The van der Waals surface area contributed by atoms with E-state index in [0.717, 1.165) is 24.9 Å². The zero-order valence-corrected chi connectivity index (χ0v) is 23.9. The Bertz CT molecular complexity index is 1310. The van der Waals surface area contributed by atoms with Crippen molar-refractivity contribution in [2.24, 2.45) is 5.92 Å². The molecule has 0 bridgehead atoms. The number of amides is 2. The van der Waals surface area contributed by atoms with Crippen molar-refractivity contribution in [3.8, 4) is 0 Å². The summed E-state index contributed by atoms with van der Waals surface area (Å²) in [4.78, 5) is 50.7. The van der Waals surface area contributed by atoms with Gasteiger partial charge in [0.05, 0.1) is 29.3 Å². The molecule has 11 nitrogen and oxygen atoms in total. The number of aliphatic hydroxyl groups excluding tert-OH is 1. The largest absolute Gasteiger partial charge is 0.432 e. The number of nitrogens with zero attached hydrogens (tertiary/aromatic N) is 2. The van der Waals surface area contributed by atoms with Crippen molar-refractivity contribution < 1.29 is 29.2 Å². The van der Waals surface area contributed by atoms with Crippen molar-refractivity contribution in [1.82, 2.24) is 5.32 Å². The molecule has 5 atom stereocenters. The van der Waals surface area contributed by atoms with E-state index in [1.165, 1.54) is 12.1 Å². The second-order valence-electron chi connectivity index (χ2n) is 11.6. The Labute approximate surface area is 233 Å². The number of nitro benzene ring substituents is 1. The minimum absolute atomic E-state index is 0.0767. The Kier molecular flexibility index (Phi) is 7.57. The number of benzene rings is 2. The summed E-state index contributed by atoms with van der Waals surface area (Å²) in [5, 5.41) is 27.5. The molecule has 2 aromatic carbocycles. The Morgan fingerprint density at radius 1 is 1.27 bits per heavy atom. The quantitative estimate of drug-likeness (QED) is 0.215. The van der Waals surface area contributed by atoms with Crippen LogP contribution in [0.25, 0.3) is 0 Å². The highest BCUT2D eigenvalue weighted by atomic mass is 28.4. The van der Waals surface area contributed by atoms with Crippen molar-refractivity contribution >= 4 is 37.2 Å². The van der Waals surface area contributed by atoms with E-state index in [1.807, 2.05) is 19.1 Å². The first-order valence-corrected chi connectivity index (χ1v) is 16.7. The first-order valence-electron chi connectivity index (χ1n) is 13.7. The number of aliphatic hydroxyl groups is 1. The van der Waals surface area contributed by atoms with Gasteiger partial charge in [-0.2, -0.15) is 0 Å². The summed E-state index contributed by atoms with van der Waals surface area (Å²) in [6.45, 7) is 6.27. The molecular weight excluding hydrogens is 532 g/mol. The maximum absolute atomic E-state index is 14.3. The number of anilines is 2. The third-order valence-electron chi connectivity index (χ3n) is 8.53. The number of nitro groups is 1. The summed E-state index contributed by atoms with van der Waals surface area (Å²) in [7, 11) is -2.87. The van der Waals surface area contributed by atoms with Gasteiger partial charge < -0.3 is 30.2 Å². The molecule has 214 valence electrons. The topological polar surface area (TPSA) is 154 Å². The molecule has 3 aliphatic heterocycles. The zero-order chi connectivity index (χ0) is 28.8. The molecule has 0 aliphatic carbocycles. The first kappa shape index (κ1) is 28.4. The van der Waals surface area contributed by atoms with Gasteiger partial charge in [-0.25, -0.2) is 0 Å². The van der Waals surface area contributed by atoms with Crippen molar-refractivity contribution in [3.05, 3.63) is 63.7 Å². The van der Waals surface area contributed by atoms with Gasteiger partial charge in [0, 0.05) is 41.4 Å². The van der Waals surface area contributed by atoms with Gasteiger partial charge in [-0.05, 0) is 62.7 Å². The van der Waals surface area contributed by atoms with Gasteiger partial charge in [0.2, 0.25) is 5.91 Å². The maximum Gasteiger partial charge on any atom is 0.269 e. The molecule has 40 heavy (non-hydrogen) atoms. The molecule has 2 aromatic rings. The van der Waals surface area contributed by atoms with E-state index in [4.69, 9.17) is 4.74 Å². The fourth-order valence-electron chi connectivity index (χ4n) is 6.75. The van der Waals surface area contributed by atoms with Crippen LogP contribution in [0.5, 0.6) is 0 Å². The zero-order valence-electron chi connectivity index (χ0n) is 22.9. The van der Waals surface area contributed by atoms with E-state index in [-0.39, 0.29) is 48.7 Å². The third-order valence-corrected chi connectivity index (χ3v) is 11.0. The van der Waals surface area contributed by atoms with Crippen molar-refractivity contribution in [2.75, 3.05) is 23.4 Å². The van der Waals surface area contributed by atoms with E-state index >= 15 is 0 Å². The third kappa shape index (κ3) is 4.83. The molecule has 0 saturated carbocycles. The summed E-state index contributed by atoms with van der Waals surface area (Å²) < 4.78 is 6.50. The van der Waals surface area contributed by atoms with Gasteiger partial charge in [0.25, 0.3) is 11.6 Å². The molecule has 2 saturated heterocycles. The molecule has 0 aromatic heterocycles. The van der Waals surface area contributed by atoms with Gasteiger partial charge in [-0.3, -0.25) is 19.7 Å². The lowest BCUT2D eigenvalue weighted by Gasteiger charge is -2.32. The molecule has 3 aliphatic rings. The fourth-order valence-corrected chi connectivity index (χ4v) is 9.35. The summed E-state index contributed by atoms with van der Waals surface area (Å²) in [6, 6.07) is 11.4.